The SMILES string of the molecule is COc1ccc(OCC(=O)N(Cc2cccnc2)c2nc3c(C)c(C)ccc3s2)cc1. The fourth-order valence-electron chi connectivity index (χ4n) is 3.16. The minimum absolute atomic E-state index is 0.0967. The summed E-state index contributed by atoms with van der Waals surface area (Å²) in [6.45, 7) is 4.40. The van der Waals surface area contributed by atoms with E-state index in [-0.39, 0.29) is 12.5 Å². The number of anilines is 1. The van der Waals surface area contributed by atoms with Crippen molar-refractivity contribution >= 4 is 32.6 Å². The molecule has 6 nitrogen and oxygen atoms in total. The molecule has 2 heterocycles. The van der Waals surface area contributed by atoms with Crippen molar-refractivity contribution in [3.63, 3.8) is 0 Å². The molecule has 0 saturated carbocycles. The van der Waals surface area contributed by atoms with E-state index >= 15 is 0 Å². The molecule has 0 saturated heterocycles. The summed E-state index contributed by atoms with van der Waals surface area (Å²) in [5.41, 5.74) is 4.16. The summed E-state index contributed by atoms with van der Waals surface area (Å²) in [5.74, 6) is 1.16. The molecule has 4 rings (SSSR count). The highest BCUT2D eigenvalue weighted by atomic mass is 32.1. The normalized spacial score (nSPS) is 10.8. The number of methoxy groups -OCH3 is 1. The number of nitrogens with zero attached hydrogens (tertiary/aromatic N) is 3. The van der Waals surface area contributed by atoms with Gasteiger partial charge in [0.15, 0.2) is 11.7 Å². The third-order valence-corrected chi connectivity index (χ3v) is 6.13. The molecule has 0 unspecified atom stereocenters. The lowest BCUT2D eigenvalue weighted by atomic mass is 10.1. The van der Waals surface area contributed by atoms with Crippen molar-refractivity contribution in [1.29, 1.82) is 0 Å². The van der Waals surface area contributed by atoms with E-state index in [0.29, 0.717) is 17.4 Å². The Morgan fingerprint density at radius 2 is 1.84 bits per heavy atom. The number of thiazole rings is 1. The van der Waals surface area contributed by atoms with Gasteiger partial charge >= 0.3 is 0 Å². The zero-order valence-corrected chi connectivity index (χ0v) is 18.5. The summed E-state index contributed by atoms with van der Waals surface area (Å²) >= 11 is 1.50. The zero-order chi connectivity index (χ0) is 21.8. The molecular weight excluding hydrogens is 410 g/mol. The molecule has 0 aliphatic rings. The lowest BCUT2D eigenvalue weighted by Gasteiger charge is -2.20. The van der Waals surface area contributed by atoms with Crippen LogP contribution in [0, 0.1) is 13.8 Å². The second kappa shape index (κ2) is 9.14. The third-order valence-electron chi connectivity index (χ3n) is 5.09. The summed E-state index contributed by atoms with van der Waals surface area (Å²) < 4.78 is 12.0. The van der Waals surface area contributed by atoms with E-state index in [1.54, 1.807) is 48.7 Å². The van der Waals surface area contributed by atoms with Gasteiger partial charge in [0, 0.05) is 12.4 Å². The number of aromatic nitrogens is 2. The third kappa shape index (κ3) is 4.67. The smallest absolute Gasteiger partial charge is 0.267 e. The number of hydrogen-bond acceptors (Lipinski definition) is 6. The fourth-order valence-corrected chi connectivity index (χ4v) is 4.20. The standard InChI is InChI=1S/C24H23N3O3S/c1-16-6-11-21-23(17(16)2)26-24(31-21)27(14-18-5-4-12-25-13-18)22(28)15-30-20-9-7-19(29-3)8-10-20/h4-13H,14-15H2,1-3H3. The molecule has 31 heavy (non-hydrogen) atoms. The minimum atomic E-state index is -0.173. The molecule has 158 valence electrons. The van der Waals surface area contributed by atoms with Crippen molar-refractivity contribution in [3.8, 4) is 11.5 Å². The number of ether oxygens (including phenoxy) is 2. The highest BCUT2D eigenvalue weighted by Crippen LogP contribution is 2.32. The Bertz CT molecular complexity index is 1190. The number of aryl methyl sites for hydroxylation is 2. The number of benzene rings is 2. The molecule has 2 aromatic heterocycles. The Labute approximate surface area is 185 Å². The average Bonchev–Trinajstić information content (AvgIpc) is 3.24. The molecule has 7 heteroatoms. The number of carbonyl (C=O) groups is 1. The first kappa shape index (κ1) is 20.8. The molecule has 0 bridgehead atoms. The van der Waals surface area contributed by atoms with Gasteiger partial charge in [-0.15, -0.1) is 0 Å². The number of pyridine rings is 1. The van der Waals surface area contributed by atoms with Crippen molar-refractivity contribution in [3.05, 3.63) is 77.6 Å². The van der Waals surface area contributed by atoms with Crippen LogP contribution in [0.2, 0.25) is 0 Å². The number of rotatable bonds is 7. The second-order valence-electron chi connectivity index (χ2n) is 7.16. The highest BCUT2D eigenvalue weighted by molar-refractivity contribution is 7.22. The van der Waals surface area contributed by atoms with Crippen LogP contribution in [0.4, 0.5) is 5.13 Å². The van der Waals surface area contributed by atoms with Gasteiger partial charge in [0.05, 0.1) is 23.9 Å². The van der Waals surface area contributed by atoms with Crippen LogP contribution >= 0.6 is 11.3 Å². The van der Waals surface area contributed by atoms with Crippen LogP contribution < -0.4 is 14.4 Å². The molecule has 1 amide bonds. The summed E-state index contributed by atoms with van der Waals surface area (Å²) in [6.07, 6.45) is 3.47. The molecule has 0 aliphatic heterocycles. The van der Waals surface area contributed by atoms with Crippen molar-refractivity contribution < 1.29 is 14.3 Å². The molecule has 4 aromatic rings. The van der Waals surface area contributed by atoms with E-state index in [1.807, 2.05) is 12.1 Å². The quantitative estimate of drug-likeness (QED) is 0.414. The molecule has 0 N–H and O–H groups in total. The summed E-state index contributed by atoms with van der Waals surface area (Å²) in [4.78, 5) is 23.8. The maximum atomic E-state index is 13.2. The molecule has 0 radical (unpaired) electrons. The molecule has 0 atom stereocenters. The van der Waals surface area contributed by atoms with Gasteiger partial charge in [-0.05, 0) is 66.9 Å². The first-order valence-electron chi connectivity index (χ1n) is 9.88. The van der Waals surface area contributed by atoms with Crippen LogP contribution in [0.1, 0.15) is 16.7 Å². The van der Waals surface area contributed by atoms with E-state index in [2.05, 4.69) is 31.0 Å². The van der Waals surface area contributed by atoms with Crippen molar-refractivity contribution in [1.82, 2.24) is 9.97 Å². The number of amides is 1. The van der Waals surface area contributed by atoms with Crippen LogP contribution in [0.15, 0.2) is 60.9 Å². The molecule has 2 aromatic carbocycles. The van der Waals surface area contributed by atoms with Crippen LogP contribution in [-0.4, -0.2) is 29.6 Å². The van der Waals surface area contributed by atoms with Crippen LogP contribution in [0.5, 0.6) is 11.5 Å². The maximum Gasteiger partial charge on any atom is 0.267 e. The van der Waals surface area contributed by atoms with E-state index in [4.69, 9.17) is 14.5 Å². The average molecular weight is 434 g/mol. The first-order chi connectivity index (χ1) is 15.0. The number of hydrogen-bond donors (Lipinski definition) is 0. The lowest BCUT2D eigenvalue weighted by molar-refractivity contribution is -0.120. The van der Waals surface area contributed by atoms with Crippen molar-refractivity contribution in [2.45, 2.75) is 20.4 Å². The van der Waals surface area contributed by atoms with Gasteiger partial charge in [0.2, 0.25) is 0 Å². The number of carbonyl (C=O) groups excluding carboxylic acids is 1. The van der Waals surface area contributed by atoms with E-state index < -0.39 is 0 Å². The largest absolute Gasteiger partial charge is 0.497 e. The van der Waals surface area contributed by atoms with Gasteiger partial charge in [0.25, 0.3) is 5.91 Å². The Kier molecular flexibility index (Phi) is 6.13. The van der Waals surface area contributed by atoms with Gasteiger partial charge in [-0.2, -0.15) is 0 Å². The van der Waals surface area contributed by atoms with Crippen LogP contribution in [0.25, 0.3) is 10.2 Å². The monoisotopic (exact) mass is 433 g/mol. The Balaban J connectivity index is 1.60. The molecule has 0 fully saturated rings. The van der Waals surface area contributed by atoms with Gasteiger partial charge in [-0.25, -0.2) is 4.98 Å². The van der Waals surface area contributed by atoms with E-state index in [9.17, 15) is 4.79 Å². The Hall–Kier alpha value is -3.45. The number of fused-ring (bicyclic) bond motifs is 1. The summed E-state index contributed by atoms with van der Waals surface area (Å²) in [6, 6.07) is 15.1. The maximum absolute atomic E-state index is 13.2. The zero-order valence-electron chi connectivity index (χ0n) is 17.7. The minimum Gasteiger partial charge on any atom is -0.497 e. The fraction of sp³-hybridized carbons (Fsp3) is 0.208. The van der Waals surface area contributed by atoms with Crippen LogP contribution in [-0.2, 0) is 11.3 Å². The van der Waals surface area contributed by atoms with E-state index in [0.717, 1.165) is 27.1 Å². The van der Waals surface area contributed by atoms with Gasteiger partial charge in [-0.1, -0.05) is 23.5 Å². The Morgan fingerprint density at radius 3 is 2.55 bits per heavy atom. The van der Waals surface area contributed by atoms with Gasteiger partial charge in [-0.3, -0.25) is 14.7 Å². The predicted molar refractivity (Wildman–Crippen MR) is 123 cm³/mol. The second-order valence-corrected chi connectivity index (χ2v) is 8.17. The lowest BCUT2D eigenvalue weighted by Crippen LogP contribution is -2.34. The Morgan fingerprint density at radius 1 is 1.06 bits per heavy atom. The summed E-state index contributed by atoms with van der Waals surface area (Å²) in [7, 11) is 1.61. The summed E-state index contributed by atoms with van der Waals surface area (Å²) in [5, 5.41) is 0.649. The van der Waals surface area contributed by atoms with Crippen molar-refractivity contribution in [2.75, 3.05) is 18.6 Å². The highest BCUT2D eigenvalue weighted by Gasteiger charge is 2.22. The van der Waals surface area contributed by atoms with Gasteiger partial charge < -0.3 is 9.47 Å². The van der Waals surface area contributed by atoms with Gasteiger partial charge in [0.1, 0.15) is 11.5 Å². The molecular formula is C24H23N3O3S. The van der Waals surface area contributed by atoms with E-state index in [1.165, 1.54) is 16.9 Å². The first-order valence-corrected chi connectivity index (χ1v) is 10.7. The predicted octanol–water partition coefficient (Wildman–Crippen LogP) is 4.93. The molecule has 0 spiro atoms. The topological polar surface area (TPSA) is 64.6 Å². The molecule has 0 aliphatic carbocycles. The van der Waals surface area contributed by atoms with Crippen LogP contribution in [0.3, 0.4) is 0 Å². The van der Waals surface area contributed by atoms with Crippen molar-refractivity contribution in [2.24, 2.45) is 0 Å².